The number of para-hydroxylation sites is 1. The molecule has 6 heteroatoms. The molecular weight excluding hydrogens is 426 g/mol. The van der Waals surface area contributed by atoms with Gasteiger partial charge in [0.05, 0.1) is 17.4 Å². The largest absolute Gasteiger partial charge is 0.441 e. The van der Waals surface area contributed by atoms with Crippen molar-refractivity contribution in [3.63, 3.8) is 0 Å². The molecule has 0 radical (unpaired) electrons. The minimum atomic E-state index is -0.220. The van der Waals surface area contributed by atoms with Crippen LogP contribution in [0.4, 0.5) is 5.69 Å². The summed E-state index contributed by atoms with van der Waals surface area (Å²) >= 11 is 0. The number of hydrogen-bond acceptors (Lipinski definition) is 4. The zero-order chi connectivity index (χ0) is 23.8. The maximum absolute atomic E-state index is 12.7. The van der Waals surface area contributed by atoms with Crippen molar-refractivity contribution in [1.82, 2.24) is 10.3 Å². The Balaban J connectivity index is 1.30. The summed E-state index contributed by atoms with van der Waals surface area (Å²) in [6, 6.07) is 25.0. The molecule has 0 atom stereocenters. The molecule has 2 N–H and O–H groups in total. The highest BCUT2D eigenvalue weighted by Gasteiger charge is 2.14. The molecule has 4 rings (SSSR count). The van der Waals surface area contributed by atoms with E-state index in [9.17, 15) is 9.59 Å². The lowest BCUT2D eigenvalue weighted by molar-refractivity contribution is -0.116. The van der Waals surface area contributed by atoms with Crippen LogP contribution in [-0.2, 0) is 17.6 Å². The molecule has 1 aromatic heterocycles. The highest BCUT2D eigenvalue weighted by Crippen LogP contribution is 2.21. The Bertz CT molecular complexity index is 1250. The van der Waals surface area contributed by atoms with E-state index < -0.39 is 0 Å². The topological polar surface area (TPSA) is 84.2 Å². The molecule has 0 aliphatic heterocycles. The molecule has 4 aromatic rings. The normalized spacial score (nSPS) is 10.6. The monoisotopic (exact) mass is 453 g/mol. The van der Waals surface area contributed by atoms with E-state index in [1.807, 2.05) is 61.5 Å². The van der Waals surface area contributed by atoms with Crippen LogP contribution >= 0.6 is 0 Å². The number of carbonyl (C=O) groups excluding carboxylic acids is 2. The van der Waals surface area contributed by atoms with E-state index in [4.69, 9.17) is 4.42 Å². The van der Waals surface area contributed by atoms with E-state index in [-0.39, 0.29) is 18.2 Å². The Morgan fingerprint density at radius 3 is 2.41 bits per heavy atom. The van der Waals surface area contributed by atoms with E-state index in [1.165, 1.54) is 5.56 Å². The van der Waals surface area contributed by atoms with E-state index in [0.717, 1.165) is 17.5 Å². The van der Waals surface area contributed by atoms with E-state index in [2.05, 4.69) is 15.6 Å². The molecule has 34 heavy (non-hydrogen) atoms. The second-order valence-electron chi connectivity index (χ2n) is 8.07. The summed E-state index contributed by atoms with van der Waals surface area (Å²) in [5, 5.41) is 5.77. The number of carbonyl (C=O) groups is 2. The van der Waals surface area contributed by atoms with Crippen LogP contribution < -0.4 is 10.6 Å². The summed E-state index contributed by atoms with van der Waals surface area (Å²) in [4.78, 5) is 29.5. The first-order valence-corrected chi connectivity index (χ1v) is 11.3. The minimum absolute atomic E-state index is 0.192. The number of aromatic nitrogens is 1. The molecule has 0 unspecified atom stereocenters. The molecule has 0 aliphatic carbocycles. The first kappa shape index (κ1) is 23.0. The summed E-state index contributed by atoms with van der Waals surface area (Å²) in [5.74, 6) is 0.743. The van der Waals surface area contributed by atoms with Gasteiger partial charge in [-0.1, -0.05) is 72.3 Å². The third-order valence-corrected chi connectivity index (χ3v) is 5.44. The summed E-state index contributed by atoms with van der Waals surface area (Å²) in [7, 11) is 0. The van der Waals surface area contributed by atoms with Crippen LogP contribution in [0.5, 0.6) is 0 Å². The van der Waals surface area contributed by atoms with E-state index in [1.54, 1.807) is 30.5 Å². The van der Waals surface area contributed by atoms with Crippen LogP contribution in [-0.4, -0.2) is 23.3 Å². The lowest BCUT2D eigenvalue weighted by Crippen LogP contribution is -2.27. The summed E-state index contributed by atoms with van der Waals surface area (Å²) in [5.41, 5.74) is 4.19. The Hall–Kier alpha value is -4.19. The van der Waals surface area contributed by atoms with Gasteiger partial charge in [-0.3, -0.25) is 9.59 Å². The number of aryl methyl sites for hydroxylation is 2. The zero-order valence-corrected chi connectivity index (χ0v) is 19.1. The Kier molecular flexibility index (Phi) is 7.50. The Morgan fingerprint density at radius 1 is 0.882 bits per heavy atom. The van der Waals surface area contributed by atoms with Crippen LogP contribution in [0.25, 0.3) is 11.3 Å². The SMILES string of the molecule is Cc1ccc(-c2cnc(CCC(=O)Nc3ccccc3C(=O)NCCc3ccccc3)o2)cc1. The highest BCUT2D eigenvalue weighted by atomic mass is 16.4. The lowest BCUT2D eigenvalue weighted by Gasteiger charge is -2.11. The molecule has 2 amide bonds. The van der Waals surface area contributed by atoms with Crippen LogP contribution in [0.3, 0.4) is 0 Å². The number of oxazole rings is 1. The third-order valence-electron chi connectivity index (χ3n) is 5.44. The number of hydrogen-bond donors (Lipinski definition) is 2. The van der Waals surface area contributed by atoms with Crippen molar-refractivity contribution in [2.75, 3.05) is 11.9 Å². The smallest absolute Gasteiger partial charge is 0.253 e. The molecule has 3 aromatic carbocycles. The molecule has 172 valence electrons. The molecule has 0 aliphatic rings. The first-order chi connectivity index (χ1) is 16.6. The van der Waals surface area contributed by atoms with Gasteiger partial charge < -0.3 is 15.1 Å². The number of rotatable bonds is 9. The zero-order valence-electron chi connectivity index (χ0n) is 19.1. The van der Waals surface area contributed by atoms with Crippen molar-refractivity contribution in [3.05, 3.63) is 108 Å². The molecule has 0 spiro atoms. The van der Waals surface area contributed by atoms with Crippen LogP contribution in [0.1, 0.15) is 33.8 Å². The molecule has 6 nitrogen and oxygen atoms in total. The average Bonchev–Trinajstić information content (AvgIpc) is 3.33. The fourth-order valence-electron chi connectivity index (χ4n) is 3.56. The number of nitrogens with zero attached hydrogens (tertiary/aromatic N) is 1. The van der Waals surface area contributed by atoms with Crippen LogP contribution in [0.2, 0.25) is 0 Å². The lowest BCUT2D eigenvalue weighted by atomic mass is 10.1. The predicted octanol–water partition coefficient (Wildman–Crippen LogP) is 5.19. The van der Waals surface area contributed by atoms with Crippen molar-refractivity contribution in [1.29, 1.82) is 0 Å². The molecule has 0 bridgehead atoms. The van der Waals surface area contributed by atoms with Crippen molar-refractivity contribution < 1.29 is 14.0 Å². The highest BCUT2D eigenvalue weighted by molar-refractivity contribution is 6.03. The van der Waals surface area contributed by atoms with Gasteiger partial charge >= 0.3 is 0 Å². The number of anilines is 1. The van der Waals surface area contributed by atoms with Gasteiger partial charge in [-0.2, -0.15) is 0 Å². The summed E-state index contributed by atoms with van der Waals surface area (Å²) < 4.78 is 5.80. The van der Waals surface area contributed by atoms with Crippen molar-refractivity contribution in [2.24, 2.45) is 0 Å². The first-order valence-electron chi connectivity index (χ1n) is 11.3. The summed E-state index contributed by atoms with van der Waals surface area (Å²) in [6.45, 7) is 2.54. The predicted molar refractivity (Wildman–Crippen MR) is 133 cm³/mol. The van der Waals surface area contributed by atoms with E-state index in [0.29, 0.717) is 35.9 Å². The number of nitrogens with one attached hydrogen (secondary N) is 2. The quantitative estimate of drug-likeness (QED) is 0.365. The fraction of sp³-hybridized carbons (Fsp3) is 0.179. The third kappa shape index (κ3) is 6.19. The fourth-order valence-corrected chi connectivity index (χ4v) is 3.56. The molecular formula is C28H27N3O3. The van der Waals surface area contributed by atoms with Gasteiger partial charge in [0.25, 0.3) is 5.91 Å². The van der Waals surface area contributed by atoms with Gasteiger partial charge in [0.1, 0.15) is 0 Å². The second-order valence-corrected chi connectivity index (χ2v) is 8.07. The maximum atomic E-state index is 12.7. The van der Waals surface area contributed by atoms with E-state index >= 15 is 0 Å². The molecule has 1 heterocycles. The number of amides is 2. The van der Waals surface area contributed by atoms with Gasteiger partial charge in [-0.15, -0.1) is 0 Å². The Morgan fingerprint density at radius 2 is 1.62 bits per heavy atom. The molecule has 0 saturated heterocycles. The van der Waals surface area contributed by atoms with Crippen molar-refractivity contribution >= 4 is 17.5 Å². The van der Waals surface area contributed by atoms with Gasteiger partial charge in [-0.25, -0.2) is 4.98 Å². The van der Waals surface area contributed by atoms with Gasteiger partial charge in [0, 0.05) is 24.9 Å². The number of benzene rings is 3. The van der Waals surface area contributed by atoms with Gasteiger partial charge in [0.15, 0.2) is 11.7 Å². The minimum Gasteiger partial charge on any atom is -0.441 e. The van der Waals surface area contributed by atoms with Crippen LogP contribution in [0, 0.1) is 6.92 Å². The van der Waals surface area contributed by atoms with Crippen molar-refractivity contribution in [3.8, 4) is 11.3 Å². The molecule has 0 saturated carbocycles. The second kappa shape index (κ2) is 11.1. The standard InChI is InChI=1S/C28H27N3O3/c1-20-11-13-22(14-12-20)25-19-30-27(34-25)16-15-26(32)31-24-10-6-5-9-23(24)28(33)29-18-17-21-7-3-2-4-8-21/h2-14,19H,15-18H2,1H3,(H,29,33)(H,31,32). The average molecular weight is 454 g/mol. The Labute approximate surface area is 199 Å². The van der Waals surface area contributed by atoms with Crippen LogP contribution in [0.15, 0.2) is 89.5 Å². The van der Waals surface area contributed by atoms with Crippen molar-refractivity contribution in [2.45, 2.75) is 26.2 Å². The maximum Gasteiger partial charge on any atom is 0.253 e. The molecule has 0 fully saturated rings. The van der Waals surface area contributed by atoms with Gasteiger partial charge in [0.2, 0.25) is 5.91 Å². The summed E-state index contributed by atoms with van der Waals surface area (Å²) in [6.07, 6.45) is 2.97. The van der Waals surface area contributed by atoms with Gasteiger partial charge in [-0.05, 0) is 31.0 Å².